The number of carbonyl (C=O) groups is 2. The van der Waals surface area contributed by atoms with Gasteiger partial charge in [-0.25, -0.2) is 0 Å². The number of nitrogens with zero attached hydrogens (tertiary/aromatic N) is 2. The standard InChI is InChI=1S/C19H26N4O3S/c1-11(2)10-15-22-23-19(27-15)21-18(25)16(12(3)4)20-17(24)13-8-6-7-9-14(13)26-5/h6-9,11-12,16H,10H2,1-5H3,(H,20,24)(H,21,23,25). The third-order valence-corrected chi connectivity index (χ3v) is 4.73. The maximum Gasteiger partial charge on any atom is 0.255 e. The van der Waals surface area contributed by atoms with E-state index in [0.29, 0.717) is 22.4 Å². The van der Waals surface area contributed by atoms with E-state index in [2.05, 4.69) is 34.7 Å². The molecule has 8 heteroatoms. The van der Waals surface area contributed by atoms with Crippen LogP contribution in [-0.2, 0) is 11.2 Å². The second kappa shape index (κ2) is 9.45. The number of carbonyl (C=O) groups excluding carboxylic acids is 2. The van der Waals surface area contributed by atoms with Crippen LogP contribution >= 0.6 is 11.3 Å². The number of benzene rings is 1. The van der Waals surface area contributed by atoms with E-state index in [-0.39, 0.29) is 17.7 Å². The lowest BCUT2D eigenvalue weighted by Gasteiger charge is -2.21. The first-order chi connectivity index (χ1) is 12.8. The minimum absolute atomic E-state index is 0.105. The lowest BCUT2D eigenvalue weighted by molar-refractivity contribution is -0.118. The molecule has 2 rings (SSSR count). The molecule has 0 saturated carbocycles. The van der Waals surface area contributed by atoms with Gasteiger partial charge >= 0.3 is 0 Å². The Morgan fingerprint density at radius 1 is 1.15 bits per heavy atom. The molecule has 1 atom stereocenters. The van der Waals surface area contributed by atoms with Crippen LogP contribution in [0, 0.1) is 11.8 Å². The molecule has 1 unspecified atom stereocenters. The van der Waals surface area contributed by atoms with Crippen molar-refractivity contribution in [3.63, 3.8) is 0 Å². The average Bonchev–Trinajstić information content (AvgIpc) is 3.04. The summed E-state index contributed by atoms with van der Waals surface area (Å²) in [5, 5.41) is 15.0. The van der Waals surface area contributed by atoms with Crippen molar-refractivity contribution < 1.29 is 14.3 Å². The summed E-state index contributed by atoms with van der Waals surface area (Å²) >= 11 is 1.35. The topological polar surface area (TPSA) is 93.2 Å². The number of nitrogens with one attached hydrogen (secondary N) is 2. The Kier molecular flexibility index (Phi) is 7.29. The molecule has 1 heterocycles. The van der Waals surface area contributed by atoms with Crippen LogP contribution in [0.3, 0.4) is 0 Å². The molecule has 0 fully saturated rings. The maximum atomic E-state index is 12.7. The zero-order valence-electron chi connectivity index (χ0n) is 16.3. The minimum atomic E-state index is -0.708. The van der Waals surface area contributed by atoms with Gasteiger partial charge in [-0.2, -0.15) is 0 Å². The summed E-state index contributed by atoms with van der Waals surface area (Å²) in [7, 11) is 1.50. The van der Waals surface area contributed by atoms with Gasteiger partial charge in [-0.15, -0.1) is 10.2 Å². The molecule has 1 aromatic heterocycles. The van der Waals surface area contributed by atoms with Gasteiger partial charge in [0.15, 0.2) is 0 Å². The highest BCUT2D eigenvalue weighted by Crippen LogP contribution is 2.20. The van der Waals surface area contributed by atoms with E-state index in [1.54, 1.807) is 24.3 Å². The number of anilines is 1. The minimum Gasteiger partial charge on any atom is -0.496 e. The number of amides is 2. The molecule has 2 amide bonds. The Balaban J connectivity index is 2.08. The smallest absolute Gasteiger partial charge is 0.255 e. The molecule has 0 aliphatic carbocycles. The van der Waals surface area contributed by atoms with E-state index in [1.807, 2.05) is 13.8 Å². The van der Waals surface area contributed by atoms with Gasteiger partial charge in [0, 0.05) is 6.42 Å². The number of para-hydroxylation sites is 1. The quantitative estimate of drug-likeness (QED) is 0.722. The van der Waals surface area contributed by atoms with Gasteiger partial charge in [-0.3, -0.25) is 14.9 Å². The van der Waals surface area contributed by atoms with Crippen molar-refractivity contribution in [2.45, 2.75) is 40.2 Å². The molecule has 2 N–H and O–H groups in total. The predicted molar refractivity (Wildman–Crippen MR) is 106 cm³/mol. The van der Waals surface area contributed by atoms with Crippen molar-refractivity contribution in [1.82, 2.24) is 15.5 Å². The van der Waals surface area contributed by atoms with Gasteiger partial charge in [-0.1, -0.05) is 51.2 Å². The SMILES string of the molecule is COc1ccccc1C(=O)NC(C(=O)Nc1nnc(CC(C)C)s1)C(C)C. The molecular formula is C19H26N4O3S. The lowest BCUT2D eigenvalue weighted by atomic mass is 10.0. The molecule has 2 aromatic rings. The Morgan fingerprint density at radius 2 is 1.85 bits per heavy atom. The molecule has 0 aliphatic heterocycles. The van der Waals surface area contributed by atoms with Crippen molar-refractivity contribution >= 4 is 28.3 Å². The Bertz CT molecular complexity index is 789. The Hall–Kier alpha value is -2.48. The van der Waals surface area contributed by atoms with Crippen LogP contribution in [0.5, 0.6) is 5.75 Å². The summed E-state index contributed by atoms with van der Waals surface area (Å²) in [5.74, 6) is 0.136. The summed E-state index contributed by atoms with van der Waals surface area (Å²) in [5.41, 5.74) is 0.383. The van der Waals surface area contributed by atoms with Gasteiger partial charge in [0.1, 0.15) is 16.8 Å². The number of rotatable bonds is 8. The van der Waals surface area contributed by atoms with Crippen LogP contribution in [-0.4, -0.2) is 35.2 Å². The predicted octanol–water partition coefficient (Wildman–Crippen LogP) is 3.14. The highest BCUT2D eigenvalue weighted by Gasteiger charge is 2.26. The van der Waals surface area contributed by atoms with Gasteiger partial charge in [0.05, 0.1) is 12.7 Å². The number of hydrogen-bond donors (Lipinski definition) is 2. The van der Waals surface area contributed by atoms with Crippen molar-refractivity contribution in [2.24, 2.45) is 11.8 Å². The summed E-state index contributed by atoms with van der Waals surface area (Å²) in [6.45, 7) is 7.94. The van der Waals surface area contributed by atoms with E-state index in [9.17, 15) is 9.59 Å². The fraction of sp³-hybridized carbons (Fsp3) is 0.474. The van der Waals surface area contributed by atoms with Crippen LogP contribution in [0.4, 0.5) is 5.13 Å². The Labute approximate surface area is 163 Å². The highest BCUT2D eigenvalue weighted by molar-refractivity contribution is 7.15. The van der Waals surface area contributed by atoms with Crippen LogP contribution < -0.4 is 15.4 Å². The van der Waals surface area contributed by atoms with Gasteiger partial charge < -0.3 is 10.1 Å². The summed E-state index contributed by atoms with van der Waals surface area (Å²) < 4.78 is 5.22. The largest absolute Gasteiger partial charge is 0.496 e. The van der Waals surface area contributed by atoms with Gasteiger partial charge in [0.2, 0.25) is 11.0 Å². The third-order valence-electron chi connectivity index (χ3n) is 3.87. The molecule has 0 bridgehead atoms. The van der Waals surface area contributed by atoms with Crippen molar-refractivity contribution in [1.29, 1.82) is 0 Å². The lowest BCUT2D eigenvalue weighted by Crippen LogP contribution is -2.47. The summed E-state index contributed by atoms with van der Waals surface area (Å²) in [6, 6.07) is 6.19. The monoisotopic (exact) mass is 390 g/mol. The van der Waals surface area contributed by atoms with Crippen LogP contribution in [0.1, 0.15) is 43.1 Å². The molecule has 146 valence electrons. The molecule has 0 radical (unpaired) electrons. The molecule has 27 heavy (non-hydrogen) atoms. The van der Waals surface area contributed by atoms with E-state index in [1.165, 1.54) is 18.4 Å². The van der Waals surface area contributed by atoms with Crippen molar-refractivity contribution in [3.8, 4) is 5.75 Å². The highest BCUT2D eigenvalue weighted by atomic mass is 32.1. The van der Waals surface area contributed by atoms with E-state index in [0.717, 1.165) is 11.4 Å². The second-order valence-corrected chi connectivity index (χ2v) is 8.05. The molecule has 0 aliphatic rings. The summed E-state index contributed by atoms with van der Waals surface area (Å²) in [6.07, 6.45) is 0.811. The Morgan fingerprint density at radius 3 is 2.48 bits per heavy atom. The normalized spacial score (nSPS) is 12.1. The van der Waals surface area contributed by atoms with E-state index in [4.69, 9.17) is 4.74 Å². The fourth-order valence-electron chi connectivity index (χ4n) is 2.51. The van der Waals surface area contributed by atoms with Crippen LogP contribution in [0.25, 0.3) is 0 Å². The second-order valence-electron chi connectivity index (χ2n) is 6.98. The van der Waals surface area contributed by atoms with Crippen molar-refractivity contribution in [2.75, 3.05) is 12.4 Å². The fourth-order valence-corrected chi connectivity index (χ4v) is 3.46. The van der Waals surface area contributed by atoms with E-state index >= 15 is 0 Å². The summed E-state index contributed by atoms with van der Waals surface area (Å²) in [4.78, 5) is 25.3. The number of ether oxygens (including phenoxy) is 1. The van der Waals surface area contributed by atoms with Crippen LogP contribution in [0.15, 0.2) is 24.3 Å². The third kappa shape index (κ3) is 5.75. The van der Waals surface area contributed by atoms with Gasteiger partial charge in [0.25, 0.3) is 5.91 Å². The number of aromatic nitrogens is 2. The zero-order chi connectivity index (χ0) is 20.0. The first-order valence-electron chi connectivity index (χ1n) is 8.89. The number of hydrogen-bond acceptors (Lipinski definition) is 6. The van der Waals surface area contributed by atoms with Crippen LogP contribution in [0.2, 0.25) is 0 Å². The molecule has 0 saturated heterocycles. The zero-order valence-corrected chi connectivity index (χ0v) is 17.1. The van der Waals surface area contributed by atoms with Crippen molar-refractivity contribution in [3.05, 3.63) is 34.8 Å². The average molecular weight is 391 g/mol. The number of methoxy groups -OCH3 is 1. The molecule has 0 spiro atoms. The molecule has 1 aromatic carbocycles. The van der Waals surface area contributed by atoms with E-state index < -0.39 is 6.04 Å². The molecule has 7 nitrogen and oxygen atoms in total. The molecular weight excluding hydrogens is 364 g/mol. The first-order valence-corrected chi connectivity index (χ1v) is 9.70. The first kappa shape index (κ1) is 20.8. The van der Waals surface area contributed by atoms with Gasteiger partial charge in [-0.05, 0) is 24.0 Å². The maximum absolute atomic E-state index is 12.7.